The Labute approximate surface area is 458 Å². The smallest absolute Gasteiger partial charge is 0.338 e. The number of carbonyl (C=O) groups excluding carboxylic acids is 7. The van der Waals surface area contributed by atoms with Crippen molar-refractivity contribution in [3.8, 4) is 0 Å². The Hall–Kier alpha value is -9.33. The van der Waals surface area contributed by atoms with E-state index in [0.29, 0.717) is 0 Å². The third-order valence-corrected chi connectivity index (χ3v) is 12.7. The molecule has 0 radical (unpaired) electrons. The van der Waals surface area contributed by atoms with Gasteiger partial charge in [0.25, 0.3) is 0 Å². The number of benzene rings is 7. The van der Waals surface area contributed by atoms with Crippen LogP contribution in [0.25, 0.3) is 0 Å². The molecule has 80 heavy (non-hydrogen) atoms. The van der Waals surface area contributed by atoms with Gasteiger partial charge in [0, 0.05) is 7.11 Å². The van der Waals surface area contributed by atoms with Crippen LogP contribution in [-0.2, 0) is 52.1 Å². The predicted octanol–water partition coefficient (Wildman–Crippen LogP) is 8.31. The number of hydrogen-bond donors (Lipinski definition) is 0. The lowest BCUT2D eigenvalue weighted by Crippen LogP contribution is -2.65. The zero-order valence-corrected chi connectivity index (χ0v) is 42.7. The summed E-state index contributed by atoms with van der Waals surface area (Å²) < 4.78 is 68.3. The van der Waals surface area contributed by atoms with Gasteiger partial charge in [0.05, 0.1) is 45.6 Å². The third kappa shape index (κ3) is 13.9. The van der Waals surface area contributed by atoms with E-state index in [4.69, 9.17) is 52.1 Å². The Morgan fingerprint density at radius 2 is 0.537 bits per heavy atom. The van der Waals surface area contributed by atoms with Crippen molar-refractivity contribution in [1.29, 1.82) is 0 Å². The molecule has 1 unspecified atom stereocenters. The van der Waals surface area contributed by atoms with Crippen molar-refractivity contribution in [2.75, 3.05) is 20.3 Å². The number of ether oxygens (including phenoxy) is 11. The van der Waals surface area contributed by atoms with E-state index in [9.17, 15) is 33.6 Å². The van der Waals surface area contributed by atoms with Gasteiger partial charge in [-0.3, -0.25) is 0 Å². The largest absolute Gasteiger partial charge is 0.459 e. The van der Waals surface area contributed by atoms with Crippen LogP contribution in [0.1, 0.15) is 72.5 Å². The first-order valence-electron chi connectivity index (χ1n) is 25.3. The zero-order chi connectivity index (χ0) is 55.8. The maximum Gasteiger partial charge on any atom is 0.338 e. The first-order valence-corrected chi connectivity index (χ1v) is 25.3. The lowest BCUT2D eigenvalue weighted by Gasteiger charge is -2.46. The van der Waals surface area contributed by atoms with E-state index in [-0.39, 0.29) is 38.9 Å². The Balaban J connectivity index is 1.13. The fourth-order valence-corrected chi connectivity index (χ4v) is 8.75. The molecule has 0 aromatic heterocycles. The van der Waals surface area contributed by atoms with Crippen molar-refractivity contribution < 1.29 is 85.7 Å². The number of methoxy groups -OCH3 is 1. The molecule has 408 valence electrons. The van der Waals surface area contributed by atoms with Crippen molar-refractivity contribution in [3.05, 3.63) is 251 Å². The van der Waals surface area contributed by atoms with Gasteiger partial charge in [-0.2, -0.15) is 0 Å². The molecule has 0 aliphatic carbocycles. The van der Waals surface area contributed by atoms with E-state index in [1.165, 1.54) is 92.0 Å². The van der Waals surface area contributed by atoms with Crippen molar-refractivity contribution in [2.45, 2.75) is 61.4 Å². The maximum atomic E-state index is 14.3. The molecule has 9 rings (SSSR count). The standard InChI is InChI=1S/C62H52O18/c1-70-61-52(79-59(68)44-33-19-7-20-34-44)50(77-57(66)42-29-15-5-16-30-42)49(76-56(65)41-27-13-4-14-28-41)47(73-61)38-72-62-53(80-60(69)45-35-21-8-22-36-45)51(78-58(67)43-31-17-6-18-32-43)48(75-55(64)40-25-11-3-12-26-40)46(74-62)37-71-54(63)39-23-9-2-10-24-39/h2-36,46-53,61-62H,37-38H2,1H3/t46-,47-,48-,49-,50+,51+,52+,53-,61+,62?/m1/s1. The molecule has 2 aliphatic rings. The monoisotopic (exact) mass is 1080 g/mol. The van der Waals surface area contributed by atoms with Crippen LogP contribution in [0.5, 0.6) is 0 Å². The Bertz CT molecular complexity index is 3190. The summed E-state index contributed by atoms with van der Waals surface area (Å²) in [6.45, 7) is -1.40. The SMILES string of the molecule is CO[C@H]1O[C@H](COC2O[C@H](COC(=O)c3ccccc3)[C@@H](OC(=O)c3ccccc3)[C@H](OC(=O)c3ccccc3)[C@H]2OC(=O)c2ccccc2)[C@@H](OC(=O)c2ccccc2)[C@H](OC(=O)c2ccccc2)[C@@H]1OC(=O)c1ccccc1. The minimum atomic E-state index is -1.86. The second-order valence-corrected chi connectivity index (χ2v) is 18.0. The summed E-state index contributed by atoms with van der Waals surface area (Å²) in [6.07, 6.45) is -16.9. The third-order valence-electron chi connectivity index (χ3n) is 12.7. The van der Waals surface area contributed by atoms with Crippen LogP contribution in [-0.4, -0.2) is 124 Å². The second-order valence-electron chi connectivity index (χ2n) is 18.0. The van der Waals surface area contributed by atoms with Gasteiger partial charge in [-0.05, 0) is 84.9 Å². The Morgan fingerprint density at radius 3 is 0.838 bits per heavy atom. The van der Waals surface area contributed by atoms with Gasteiger partial charge in [-0.1, -0.05) is 127 Å². The first-order chi connectivity index (χ1) is 39.0. The van der Waals surface area contributed by atoms with E-state index in [2.05, 4.69) is 0 Å². The number of rotatable bonds is 19. The molecular weight excluding hydrogens is 1030 g/mol. The summed E-state index contributed by atoms with van der Waals surface area (Å²) in [7, 11) is 1.24. The van der Waals surface area contributed by atoms with Gasteiger partial charge in [-0.25, -0.2) is 33.6 Å². The molecule has 0 bridgehead atoms. The lowest BCUT2D eigenvalue weighted by molar-refractivity contribution is -0.325. The molecule has 0 amide bonds. The summed E-state index contributed by atoms with van der Waals surface area (Å²) >= 11 is 0. The average Bonchev–Trinajstić information content (AvgIpc) is 3.71. The molecule has 10 atom stereocenters. The van der Waals surface area contributed by atoms with E-state index >= 15 is 0 Å². The van der Waals surface area contributed by atoms with Crippen LogP contribution >= 0.6 is 0 Å². The molecular formula is C62H52O18. The van der Waals surface area contributed by atoms with Crippen molar-refractivity contribution in [1.82, 2.24) is 0 Å². The highest BCUT2D eigenvalue weighted by Crippen LogP contribution is 2.35. The molecule has 2 fully saturated rings. The fourth-order valence-electron chi connectivity index (χ4n) is 8.75. The van der Waals surface area contributed by atoms with Gasteiger partial charge in [0.1, 0.15) is 18.8 Å². The minimum absolute atomic E-state index is 0.0433. The van der Waals surface area contributed by atoms with Gasteiger partial charge >= 0.3 is 41.8 Å². The Morgan fingerprint density at radius 1 is 0.300 bits per heavy atom. The highest BCUT2D eigenvalue weighted by atomic mass is 16.8. The Kier molecular flexibility index (Phi) is 18.6. The van der Waals surface area contributed by atoms with Gasteiger partial charge in [-0.15, -0.1) is 0 Å². The van der Waals surface area contributed by atoms with Crippen molar-refractivity contribution in [2.24, 2.45) is 0 Å². The summed E-state index contributed by atoms with van der Waals surface area (Å²) in [5.74, 6) is -6.36. The average molecular weight is 1090 g/mol. The molecule has 2 heterocycles. The molecule has 18 nitrogen and oxygen atoms in total. The van der Waals surface area contributed by atoms with E-state index in [1.807, 2.05) is 0 Å². The summed E-state index contributed by atoms with van der Waals surface area (Å²) in [5, 5.41) is 0. The molecule has 18 heteroatoms. The predicted molar refractivity (Wildman–Crippen MR) is 281 cm³/mol. The molecule has 7 aromatic carbocycles. The van der Waals surface area contributed by atoms with Crippen LogP contribution < -0.4 is 0 Å². The van der Waals surface area contributed by atoms with E-state index in [1.54, 1.807) is 127 Å². The quantitative estimate of drug-likeness (QED) is 0.0549. The first kappa shape index (κ1) is 55.4. The summed E-state index contributed by atoms with van der Waals surface area (Å²) in [6, 6.07) is 55.1. The number of carbonyl (C=O) groups is 7. The minimum Gasteiger partial charge on any atom is -0.459 e. The van der Waals surface area contributed by atoms with Crippen molar-refractivity contribution in [3.63, 3.8) is 0 Å². The van der Waals surface area contributed by atoms with E-state index in [0.717, 1.165) is 0 Å². The maximum absolute atomic E-state index is 14.3. The van der Waals surface area contributed by atoms with Gasteiger partial charge in [0.15, 0.2) is 49.2 Å². The molecule has 0 N–H and O–H groups in total. The number of esters is 7. The number of hydrogen-bond acceptors (Lipinski definition) is 18. The van der Waals surface area contributed by atoms with Crippen LogP contribution in [0.4, 0.5) is 0 Å². The summed E-state index contributed by atoms with van der Waals surface area (Å²) in [4.78, 5) is 98.6. The van der Waals surface area contributed by atoms with Crippen LogP contribution in [0.2, 0.25) is 0 Å². The van der Waals surface area contributed by atoms with E-state index < -0.39 is 116 Å². The van der Waals surface area contributed by atoms with Crippen molar-refractivity contribution >= 4 is 41.8 Å². The molecule has 0 spiro atoms. The zero-order valence-electron chi connectivity index (χ0n) is 42.7. The van der Waals surface area contributed by atoms with Crippen LogP contribution in [0, 0.1) is 0 Å². The molecule has 2 aliphatic heterocycles. The molecule has 7 aromatic rings. The van der Waals surface area contributed by atoms with Crippen LogP contribution in [0.15, 0.2) is 212 Å². The summed E-state index contributed by atoms with van der Waals surface area (Å²) in [5.41, 5.74) is 0.591. The normalized spacial score (nSPS) is 22.3. The molecule has 0 saturated carbocycles. The van der Waals surface area contributed by atoms with Crippen LogP contribution in [0.3, 0.4) is 0 Å². The lowest BCUT2D eigenvalue weighted by atomic mass is 9.96. The fraction of sp³-hybridized carbons (Fsp3) is 0.210. The molecule has 2 saturated heterocycles. The van der Waals surface area contributed by atoms with Gasteiger partial charge in [0.2, 0.25) is 0 Å². The topological polar surface area (TPSA) is 221 Å². The highest BCUT2D eigenvalue weighted by Gasteiger charge is 2.56. The second kappa shape index (κ2) is 26.8. The van der Waals surface area contributed by atoms with Gasteiger partial charge < -0.3 is 52.1 Å². The highest BCUT2D eigenvalue weighted by molar-refractivity contribution is 5.93.